The summed E-state index contributed by atoms with van der Waals surface area (Å²) >= 11 is 0. The molecule has 1 aliphatic carbocycles. The molecule has 1 saturated carbocycles. The fraction of sp³-hybridized carbons (Fsp3) is 0.818. The van der Waals surface area contributed by atoms with E-state index in [9.17, 15) is 9.59 Å². The fourth-order valence-electron chi connectivity index (χ4n) is 2.26. The van der Waals surface area contributed by atoms with Crippen molar-refractivity contribution in [2.75, 3.05) is 13.6 Å². The number of primary amides is 1. The number of rotatable bonds is 5. The third-order valence-corrected chi connectivity index (χ3v) is 3.12. The average molecular weight is 264 g/mol. The molecule has 6 heteroatoms. The molecule has 0 radical (unpaired) electrons. The van der Waals surface area contributed by atoms with Crippen LogP contribution in [-0.2, 0) is 9.59 Å². The predicted octanol–water partition coefficient (Wildman–Crippen LogP) is 0.260. The smallest absolute Gasteiger partial charge is 0.239 e. The van der Waals surface area contributed by atoms with E-state index in [1.165, 1.54) is 25.7 Å². The predicted molar refractivity (Wildman–Crippen MR) is 68.6 cm³/mol. The summed E-state index contributed by atoms with van der Waals surface area (Å²) in [6.07, 6.45) is 4.79. The van der Waals surface area contributed by atoms with Gasteiger partial charge in [0, 0.05) is 13.6 Å². The Morgan fingerprint density at radius 1 is 1.35 bits per heavy atom. The van der Waals surface area contributed by atoms with Gasteiger partial charge in [0.25, 0.3) is 0 Å². The molecule has 0 aromatic rings. The lowest BCUT2D eigenvalue weighted by Crippen LogP contribution is -2.45. The normalized spacial score (nSPS) is 17.3. The lowest BCUT2D eigenvalue weighted by molar-refractivity contribution is -0.134. The van der Waals surface area contributed by atoms with Crippen LogP contribution in [0.25, 0.3) is 0 Å². The molecular formula is C11H22ClN3O2. The average Bonchev–Trinajstić information content (AvgIpc) is 2.68. The van der Waals surface area contributed by atoms with E-state index in [4.69, 9.17) is 11.5 Å². The highest BCUT2D eigenvalue weighted by atomic mass is 35.5. The summed E-state index contributed by atoms with van der Waals surface area (Å²) in [5.74, 6) is -0.129. The van der Waals surface area contributed by atoms with Crippen molar-refractivity contribution in [2.45, 2.75) is 38.1 Å². The van der Waals surface area contributed by atoms with Crippen LogP contribution in [0.4, 0.5) is 0 Å². The third-order valence-electron chi connectivity index (χ3n) is 3.12. The molecule has 0 aromatic carbocycles. The molecule has 17 heavy (non-hydrogen) atoms. The van der Waals surface area contributed by atoms with E-state index in [1.807, 2.05) is 0 Å². The van der Waals surface area contributed by atoms with Crippen molar-refractivity contribution in [3.8, 4) is 0 Å². The van der Waals surface area contributed by atoms with Gasteiger partial charge in [-0.05, 0) is 18.8 Å². The topological polar surface area (TPSA) is 89.4 Å². The van der Waals surface area contributed by atoms with Crippen LogP contribution >= 0.6 is 12.4 Å². The molecule has 0 saturated heterocycles. The third kappa shape index (κ3) is 5.37. The molecule has 0 aromatic heterocycles. The Labute approximate surface area is 108 Å². The molecule has 2 amide bonds. The molecule has 0 heterocycles. The molecule has 0 spiro atoms. The second kappa shape index (κ2) is 7.50. The van der Waals surface area contributed by atoms with Gasteiger partial charge in [-0.2, -0.15) is 0 Å². The lowest BCUT2D eigenvalue weighted by atomic mass is 10.1. The van der Waals surface area contributed by atoms with Crippen molar-refractivity contribution in [3.63, 3.8) is 0 Å². The van der Waals surface area contributed by atoms with Gasteiger partial charge in [0.2, 0.25) is 11.8 Å². The highest BCUT2D eigenvalue weighted by Gasteiger charge is 2.23. The fourth-order valence-corrected chi connectivity index (χ4v) is 2.26. The Bertz CT molecular complexity index is 267. The molecular weight excluding hydrogens is 242 g/mol. The number of halogens is 1. The van der Waals surface area contributed by atoms with E-state index in [0.717, 1.165) is 6.54 Å². The molecule has 1 aliphatic rings. The molecule has 1 atom stereocenters. The summed E-state index contributed by atoms with van der Waals surface area (Å²) in [7, 11) is 1.74. The Balaban J connectivity index is 0.00000256. The van der Waals surface area contributed by atoms with Gasteiger partial charge in [-0.25, -0.2) is 0 Å². The highest BCUT2D eigenvalue weighted by Crippen LogP contribution is 2.25. The quantitative estimate of drug-likeness (QED) is 0.746. The number of carbonyl (C=O) groups excluding carboxylic acids is 2. The van der Waals surface area contributed by atoms with Gasteiger partial charge >= 0.3 is 0 Å². The number of likely N-dealkylation sites (N-methyl/N-ethyl adjacent to an activating group) is 1. The van der Waals surface area contributed by atoms with Crippen LogP contribution in [0.1, 0.15) is 32.1 Å². The lowest BCUT2D eigenvalue weighted by Gasteiger charge is -2.23. The highest BCUT2D eigenvalue weighted by molar-refractivity contribution is 5.87. The second-order valence-corrected chi connectivity index (χ2v) is 4.65. The molecule has 1 fully saturated rings. The van der Waals surface area contributed by atoms with Crippen LogP contribution in [0.15, 0.2) is 0 Å². The summed E-state index contributed by atoms with van der Waals surface area (Å²) in [4.78, 5) is 24.0. The van der Waals surface area contributed by atoms with E-state index >= 15 is 0 Å². The maximum absolute atomic E-state index is 11.8. The number of amides is 2. The summed E-state index contributed by atoms with van der Waals surface area (Å²) in [5.41, 5.74) is 10.6. The van der Waals surface area contributed by atoms with E-state index < -0.39 is 11.9 Å². The molecule has 0 aliphatic heterocycles. The largest absolute Gasteiger partial charge is 0.370 e. The Kier molecular flexibility index (Phi) is 7.15. The second-order valence-electron chi connectivity index (χ2n) is 4.65. The minimum Gasteiger partial charge on any atom is -0.370 e. The van der Waals surface area contributed by atoms with Crippen LogP contribution < -0.4 is 11.5 Å². The maximum Gasteiger partial charge on any atom is 0.239 e. The number of nitrogens with two attached hydrogens (primary N) is 2. The number of hydrogen-bond donors (Lipinski definition) is 2. The first-order chi connectivity index (χ1) is 7.50. The van der Waals surface area contributed by atoms with Crippen LogP contribution in [0.2, 0.25) is 0 Å². The van der Waals surface area contributed by atoms with Gasteiger partial charge in [0.05, 0.1) is 12.5 Å². The number of nitrogens with zero attached hydrogens (tertiary/aromatic N) is 1. The molecule has 4 N–H and O–H groups in total. The molecule has 0 bridgehead atoms. The summed E-state index contributed by atoms with van der Waals surface area (Å²) in [6.45, 7) is 0.741. The van der Waals surface area contributed by atoms with Crippen molar-refractivity contribution in [2.24, 2.45) is 17.4 Å². The first-order valence-electron chi connectivity index (χ1n) is 5.79. The van der Waals surface area contributed by atoms with Gasteiger partial charge in [-0.1, -0.05) is 12.8 Å². The monoisotopic (exact) mass is 263 g/mol. The van der Waals surface area contributed by atoms with Crippen LogP contribution in [0.3, 0.4) is 0 Å². The van der Waals surface area contributed by atoms with Gasteiger partial charge in [-0.15, -0.1) is 12.4 Å². The first kappa shape index (κ1) is 16.2. The van der Waals surface area contributed by atoms with Crippen LogP contribution in [-0.4, -0.2) is 36.3 Å². The Morgan fingerprint density at radius 2 is 1.88 bits per heavy atom. The maximum atomic E-state index is 11.8. The summed E-state index contributed by atoms with van der Waals surface area (Å²) in [6, 6.07) is -0.788. The van der Waals surface area contributed by atoms with E-state index in [-0.39, 0.29) is 24.7 Å². The van der Waals surface area contributed by atoms with Crippen molar-refractivity contribution >= 4 is 24.2 Å². The van der Waals surface area contributed by atoms with Crippen molar-refractivity contribution < 1.29 is 9.59 Å². The SMILES string of the molecule is CN(CC1CCCC1)C(=O)C(N)CC(N)=O.Cl. The molecule has 1 unspecified atom stereocenters. The zero-order valence-corrected chi connectivity index (χ0v) is 11.0. The summed E-state index contributed by atoms with van der Waals surface area (Å²) < 4.78 is 0. The Morgan fingerprint density at radius 3 is 2.35 bits per heavy atom. The van der Waals surface area contributed by atoms with Crippen molar-refractivity contribution in [1.29, 1.82) is 0 Å². The number of hydrogen-bond acceptors (Lipinski definition) is 3. The minimum absolute atomic E-state index is 0. The van der Waals surface area contributed by atoms with Crippen LogP contribution in [0.5, 0.6) is 0 Å². The molecule has 100 valence electrons. The van der Waals surface area contributed by atoms with Gasteiger partial charge in [0.1, 0.15) is 0 Å². The van der Waals surface area contributed by atoms with Gasteiger partial charge in [-0.3, -0.25) is 9.59 Å². The standard InChI is InChI=1S/C11H21N3O2.ClH/c1-14(7-8-4-2-3-5-8)11(16)9(12)6-10(13)15;/h8-9H,2-7,12H2,1H3,(H2,13,15);1H. The first-order valence-corrected chi connectivity index (χ1v) is 5.79. The van der Waals surface area contributed by atoms with Crippen molar-refractivity contribution in [1.82, 2.24) is 4.90 Å². The zero-order chi connectivity index (χ0) is 12.1. The van der Waals surface area contributed by atoms with Crippen LogP contribution in [0, 0.1) is 5.92 Å². The van der Waals surface area contributed by atoms with E-state index in [1.54, 1.807) is 11.9 Å². The van der Waals surface area contributed by atoms with E-state index in [2.05, 4.69) is 0 Å². The summed E-state index contributed by atoms with van der Waals surface area (Å²) in [5, 5.41) is 0. The zero-order valence-electron chi connectivity index (χ0n) is 10.2. The van der Waals surface area contributed by atoms with Gasteiger partial charge in [0.15, 0.2) is 0 Å². The van der Waals surface area contributed by atoms with E-state index in [0.29, 0.717) is 5.92 Å². The minimum atomic E-state index is -0.788. The number of carbonyl (C=O) groups is 2. The van der Waals surface area contributed by atoms with Gasteiger partial charge < -0.3 is 16.4 Å². The molecule has 1 rings (SSSR count). The molecule has 5 nitrogen and oxygen atoms in total. The Hall–Kier alpha value is -0.810. The van der Waals surface area contributed by atoms with Crippen molar-refractivity contribution in [3.05, 3.63) is 0 Å².